The van der Waals surface area contributed by atoms with E-state index in [2.05, 4.69) is 26.1 Å². The third-order valence-electron chi connectivity index (χ3n) is 3.05. The van der Waals surface area contributed by atoms with Crippen LogP contribution in [0.3, 0.4) is 0 Å². The molecule has 1 rings (SSSR count). The van der Waals surface area contributed by atoms with E-state index >= 15 is 0 Å². The quantitative estimate of drug-likeness (QED) is 0.842. The van der Waals surface area contributed by atoms with Crippen LogP contribution in [0.1, 0.15) is 45.7 Å². The van der Waals surface area contributed by atoms with E-state index < -0.39 is 10.0 Å². The normalized spacial score (nSPS) is 15.5. The lowest BCUT2D eigenvalue weighted by Gasteiger charge is -2.22. The summed E-state index contributed by atoms with van der Waals surface area (Å²) in [6.45, 7) is 8.54. The molecule has 5 heteroatoms. The molecular weight excluding hydrogens is 260 g/mol. The highest BCUT2D eigenvalue weighted by Crippen LogP contribution is 2.18. The summed E-state index contributed by atoms with van der Waals surface area (Å²) in [7, 11) is -3.63. The van der Waals surface area contributed by atoms with Gasteiger partial charge in [0.2, 0.25) is 10.0 Å². The maximum absolute atomic E-state index is 11.3. The Labute approximate surface area is 116 Å². The summed E-state index contributed by atoms with van der Waals surface area (Å²) < 4.78 is 22.7. The van der Waals surface area contributed by atoms with E-state index in [4.69, 9.17) is 5.14 Å². The highest BCUT2D eigenvalue weighted by Gasteiger charge is 2.13. The summed E-state index contributed by atoms with van der Waals surface area (Å²) >= 11 is 0. The molecule has 0 spiro atoms. The minimum absolute atomic E-state index is 0.0930. The van der Waals surface area contributed by atoms with Gasteiger partial charge in [0, 0.05) is 12.1 Å². The number of nitrogens with one attached hydrogen (secondary N) is 1. The molecule has 0 amide bonds. The predicted octanol–water partition coefficient (Wildman–Crippen LogP) is 2.42. The Balaban J connectivity index is 2.80. The number of rotatable bonds is 6. The number of hydrogen-bond acceptors (Lipinski definition) is 3. The van der Waals surface area contributed by atoms with Gasteiger partial charge in [-0.3, -0.25) is 0 Å². The number of hydrogen-bond donors (Lipinski definition) is 2. The molecule has 0 aliphatic rings. The fraction of sp³-hybridized carbons (Fsp3) is 0.571. The molecule has 0 bridgehead atoms. The zero-order chi connectivity index (χ0) is 14.6. The monoisotopic (exact) mass is 284 g/mol. The van der Waals surface area contributed by atoms with Gasteiger partial charge in [-0.15, -0.1) is 0 Å². The van der Waals surface area contributed by atoms with E-state index in [1.807, 2.05) is 13.0 Å². The van der Waals surface area contributed by atoms with Crippen LogP contribution in [0.25, 0.3) is 0 Å². The van der Waals surface area contributed by atoms with Gasteiger partial charge in [-0.05, 0) is 43.9 Å². The molecule has 3 N–H and O–H groups in total. The highest BCUT2D eigenvalue weighted by atomic mass is 32.2. The van der Waals surface area contributed by atoms with Crippen LogP contribution in [-0.2, 0) is 10.0 Å². The van der Waals surface area contributed by atoms with Crippen molar-refractivity contribution in [2.45, 2.75) is 51.1 Å². The van der Waals surface area contributed by atoms with Crippen LogP contribution in [0.15, 0.2) is 29.2 Å². The topological polar surface area (TPSA) is 72.2 Å². The van der Waals surface area contributed by atoms with Crippen molar-refractivity contribution in [2.24, 2.45) is 11.1 Å². The van der Waals surface area contributed by atoms with Gasteiger partial charge in [0.25, 0.3) is 0 Å². The fourth-order valence-corrected chi connectivity index (χ4v) is 2.83. The summed E-state index contributed by atoms with van der Waals surface area (Å²) in [6, 6.07) is 7.26. The molecule has 0 heterocycles. The SMILES string of the molecule is CC(C)CC(C)NC(C)c1cccc(S(N)(=O)=O)c1. The van der Waals surface area contributed by atoms with Gasteiger partial charge < -0.3 is 5.32 Å². The Morgan fingerprint density at radius 3 is 2.37 bits per heavy atom. The summed E-state index contributed by atoms with van der Waals surface area (Å²) in [6.07, 6.45) is 1.08. The Morgan fingerprint density at radius 1 is 1.21 bits per heavy atom. The number of sulfonamides is 1. The minimum Gasteiger partial charge on any atom is -0.308 e. The largest absolute Gasteiger partial charge is 0.308 e. The Kier molecular flexibility index (Phi) is 5.52. The van der Waals surface area contributed by atoms with Gasteiger partial charge in [0.1, 0.15) is 0 Å². The standard InChI is InChI=1S/C14H24N2O2S/c1-10(2)8-11(3)16-12(4)13-6-5-7-14(9-13)19(15,17)18/h5-7,9-12,16H,8H2,1-4H3,(H2,15,17,18). The molecule has 0 saturated heterocycles. The van der Waals surface area contributed by atoms with Crippen LogP contribution in [0.5, 0.6) is 0 Å². The predicted molar refractivity (Wildman–Crippen MR) is 78.3 cm³/mol. The molecule has 0 saturated carbocycles. The van der Waals surface area contributed by atoms with E-state index in [9.17, 15) is 8.42 Å². The number of primary sulfonamides is 1. The van der Waals surface area contributed by atoms with Gasteiger partial charge in [-0.2, -0.15) is 0 Å². The van der Waals surface area contributed by atoms with E-state index in [0.717, 1.165) is 12.0 Å². The van der Waals surface area contributed by atoms with E-state index in [0.29, 0.717) is 12.0 Å². The molecule has 2 atom stereocenters. The minimum atomic E-state index is -3.63. The zero-order valence-electron chi connectivity index (χ0n) is 12.1. The van der Waals surface area contributed by atoms with Crippen molar-refractivity contribution in [3.8, 4) is 0 Å². The van der Waals surface area contributed by atoms with Gasteiger partial charge in [0.15, 0.2) is 0 Å². The maximum Gasteiger partial charge on any atom is 0.238 e. The van der Waals surface area contributed by atoms with Crippen LogP contribution >= 0.6 is 0 Å². The van der Waals surface area contributed by atoms with E-state index in [-0.39, 0.29) is 10.9 Å². The molecule has 4 nitrogen and oxygen atoms in total. The van der Waals surface area contributed by atoms with E-state index in [1.165, 1.54) is 6.07 Å². The van der Waals surface area contributed by atoms with Crippen LogP contribution < -0.4 is 10.5 Å². The highest BCUT2D eigenvalue weighted by molar-refractivity contribution is 7.89. The van der Waals surface area contributed by atoms with Crippen molar-refractivity contribution in [2.75, 3.05) is 0 Å². The van der Waals surface area contributed by atoms with Gasteiger partial charge >= 0.3 is 0 Å². The lowest BCUT2D eigenvalue weighted by molar-refractivity contribution is 0.406. The first-order valence-electron chi connectivity index (χ1n) is 6.59. The fourth-order valence-electron chi connectivity index (χ4n) is 2.26. The van der Waals surface area contributed by atoms with Gasteiger partial charge in [0.05, 0.1) is 4.90 Å². The molecule has 0 aromatic heterocycles. The molecule has 108 valence electrons. The first kappa shape index (κ1) is 16.1. The van der Waals surface area contributed by atoms with Crippen LogP contribution in [0.2, 0.25) is 0 Å². The molecule has 0 aliphatic carbocycles. The Morgan fingerprint density at radius 2 is 1.84 bits per heavy atom. The third-order valence-corrected chi connectivity index (χ3v) is 3.96. The van der Waals surface area contributed by atoms with Gasteiger partial charge in [-0.1, -0.05) is 26.0 Å². The summed E-state index contributed by atoms with van der Waals surface area (Å²) in [5.74, 6) is 0.630. The molecular formula is C14H24N2O2S. The second-order valence-corrected chi connectivity index (χ2v) is 7.10. The molecule has 0 radical (unpaired) electrons. The van der Waals surface area contributed by atoms with E-state index in [1.54, 1.807) is 12.1 Å². The number of nitrogens with two attached hydrogens (primary N) is 1. The van der Waals surface area contributed by atoms with Crippen LogP contribution in [0, 0.1) is 5.92 Å². The van der Waals surface area contributed by atoms with Crippen LogP contribution in [-0.4, -0.2) is 14.5 Å². The Hall–Kier alpha value is -0.910. The average molecular weight is 284 g/mol. The van der Waals surface area contributed by atoms with Crippen molar-refractivity contribution < 1.29 is 8.42 Å². The molecule has 19 heavy (non-hydrogen) atoms. The van der Waals surface area contributed by atoms with Crippen molar-refractivity contribution in [1.29, 1.82) is 0 Å². The second-order valence-electron chi connectivity index (χ2n) is 5.54. The van der Waals surface area contributed by atoms with Gasteiger partial charge in [-0.25, -0.2) is 13.6 Å². The van der Waals surface area contributed by atoms with Crippen molar-refractivity contribution in [3.05, 3.63) is 29.8 Å². The molecule has 1 aromatic rings. The second kappa shape index (κ2) is 6.50. The Bertz CT molecular complexity index is 512. The maximum atomic E-state index is 11.3. The zero-order valence-corrected chi connectivity index (χ0v) is 12.9. The first-order valence-corrected chi connectivity index (χ1v) is 8.13. The summed E-state index contributed by atoms with van der Waals surface area (Å²) in [5, 5.41) is 8.62. The van der Waals surface area contributed by atoms with Crippen molar-refractivity contribution >= 4 is 10.0 Å². The molecule has 0 fully saturated rings. The summed E-state index contributed by atoms with van der Waals surface area (Å²) in [5.41, 5.74) is 0.933. The first-order chi connectivity index (χ1) is 8.70. The lowest BCUT2D eigenvalue weighted by atomic mass is 10.0. The molecule has 2 unspecified atom stereocenters. The lowest BCUT2D eigenvalue weighted by Crippen LogP contribution is -2.30. The third kappa shape index (κ3) is 5.30. The van der Waals surface area contributed by atoms with Crippen LogP contribution in [0.4, 0.5) is 0 Å². The summed E-state index contributed by atoms with van der Waals surface area (Å²) in [4.78, 5) is 0.162. The average Bonchev–Trinajstić information content (AvgIpc) is 2.26. The smallest absolute Gasteiger partial charge is 0.238 e. The van der Waals surface area contributed by atoms with Crippen molar-refractivity contribution in [3.63, 3.8) is 0 Å². The molecule has 1 aromatic carbocycles. The molecule has 0 aliphatic heterocycles. The van der Waals surface area contributed by atoms with Crippen molar-refractivity contribution in [1.82, 2.24) is 5.32 Å². The number of benzene rings is 1.